The number of aliphatic hydroxyl groups is 1. The normalized spacial score (nSPS) is 19.6. The van der Waals surface area contributed by atoms with Gasteiger partial charge in [0.1, 0.15) is 5.75 Å². The number of piperidine rings is 1. The Kier molecular flexibility index (Phi) is 8.70. The Balaban J connectivity index is 1.30. The molecule has 8 heteroatoms. The second-order valence-corrected chi connectivity index (χ2v) is 10.4. The van der Waals surface area contributed by atoms with E-state index in [1.807, 2.05) is 36.0 Å². The van der Waals surface area contributed by atoms with Crippen LogP contribution in [0.3, 0.4) is 0 Å². The van der Waals surface area contributed by atoms with Crippen LogP contribution in [0.2, 0.25) is 0 Å². The van der Waals surface area contributed by atoms with E-state index >= 15 is 0 Å². The van der Waals surface area contributed by atoms with Gasteiger partial charge in [-0.2, -0.15) is 0 Å². The quantitative estimate of drug-likeness (QED) is 0.296. The molecule has 0 bridgehead atoms. The molecule has 0 amide bonds. The van der Waals surface area contributed by atoms with Crippen LogP contribution < -0.4 is 4.74 Å². The summed E-state index contributed by atoms with van der Waals surface area (Å²) in [5.41, 5.74) is 1.62. The lowest BCUT2D eigenvalue weighted by Crippen LogP contribution is -2.44. The van der Waals surface area contributed by atoms with Crippen LogP contribution in [0.15, 0.2) is 53.8 Å². The number of ether oxygens (including phenoxy) is 1. The molecule has 0 radical (unpaired) electrons. The Morgan fingerprint density at radius 2 is 2.17 bits per heavy atom. The number of pyridine rings is 1. The molecule has 3 aromatic rings. The molecule has 1 fully saturated rings. The molecule has 35 heavy (non-hydrogen) atoms. The Labute approximate surface area is 211 Å². The van der Waals surface area contributed by atoms with Crippen molar-refractivity contribution in [3.8, 4) is 5.75 Å². The maximum atomic E-state index is 12.1. The van der Waals surface area contributed by atoms with Gasteiger partial charge < -0.3 is 24.4 Å². The zero-order valence-electron chi connectivity index (χ0n) is 20.5. The standard InChI is InChI=1S/C27H35N3O4S/c1-29-13-3-5-26(29)35-16-4-14-30-15-11-19(23(18-30)27(32)33)6-9-25(31)21-10-12-28-24-8-7-20(34-2)17-22(21)24/h3,5,7-8,10,12-13,17,19,23,25,31H,4,6,9,11,14-16,18H2,1-2H3,(H,32,33)/t19-,23+,25-/m1/s1. The molecule has 0 saturated carbocycles. The first-order valence-electron chi connectivity index (χ1n) is 12.3. The summed E-state index contributed by atoms with van der Waals surface area (Å²) in [4.78, 5) is 18.8. The number of carboxylic acids is 1. The zero-order chi connectivity index (χ0) is 24.8. The molecule has 7 nitrogen and oxygen atoms in total. The van der Waals surface area contributed by atoms with Crippen LogP contribution in [0.4, 0.5) is 0 Å². The number of hydrogen-bond acceptors (Lipinski definition) is 6. The molecular formula is C27H35N3O4S. The van der Waals surface area contributed by atoms with Crippen LogP contribution in [0.1, 0.15) is 37.4 Å². The molecule has 188 valence electrons. The van der Waals surface area contributed by atoms with Crippen molar-refractivity contribution in [3.63, 3.8) is 0 Å². The van der Waals surface area contributed by atoms with Gasteiger partial charge in [0.25, 0.3) is 0 Å². The second-order valence-electron chi connectivity index (χ2n) is 9.33. The molecule has 3 atom stereocenters. The largest absolute Gasteiger partial charge is 0.497 e. The summed E-state index contributed by atoms with van der Waals surface area (Å²) in [6.45, 7) is 2.41. The fourth-order valence-electron chi connectivity index (χ4n) is 5.05. The summed E-state index contributed by atoms with van der Waals surface area (Å²) in [7, 11) is 3.67. The molecule has 2 N–H and O–H groups in total. The molecule has 1 aliphatic heterocycles. The van der Waals surface area contributed by atoms with Crippen LogP contribution in [-0.4, -0.2) is 63.1 Å². The molecular weight excluding hydrogens is 462 g/mol. The predicted molar refractivity (Wildman–Crippen MR) is 139 cm³/mol. The van der Waals surface area contributed by atoms with E-state index in [1.54, 1.807) is 13.3 Å². The highest BCUT2D eigenvalue weighted by atomic mass is 32.2. The first-order chi connectivity index (χ1) is 17.0. The highest BCUT2D eigenvalue weighted by Crippen LogP contribution is 2.34. The predicted octanol–water partition coefficient (Wildman–Crippen LogP) is 4.60. The SMILES string of the molecule is COc1ccc2nccc([C@H](O)CC[C@@H]3CCN(CCCSc4cccn4C)C[C@@H]3C(=O)O)c2c1. The molecule has 1 saturated heterocycles. The third-order valence-electron chi connectivity index (χ3n) is 7.07. The summed E-state index contributed by atoms with van der Waals surface area (Å²) >= 11 is 1.84. The van der Waals surface area contributed by atoms with Gasteiger partial charge in [0.15, 0.2) is 0 Å². The molecule has 3 heterocycles. The smallest absolute Gasteiger partial charge is 0.308 e. The molecule has 4 rings (SSSR count). The van der Waals surface area contributed by atoms with Crippen molar-refractivity contribution in [3.05, 3.63) is 54.4 Å². The first kappa shape index (κ1) is 25.5. The van der Waals surface area contributed by atoms with E-state index in [-0.39, 0.29) is 5.92 Å². The van der Waals surface area contributed by atoms with Crippen molar-refractivity contribution in [2.75, 3.05) is 32.5 Å². The number of aliphatic carboxylic acids is 1. The minimum atomic E-state index is -0.730. The summed E-state index contributed by atoms with van der Waals surface area (Å²) in [5, 5.41) is 23.0. The van der Waals surface area contributed by atoms with Crippen molar-refractivity contribution in [2.45, 2.75) is 36.8 Å². The lowest BCUT2D eigenvalue weighted by molar-refractivity contribution is -0.146. The minimum Gasteiger partial charge on any atom is -0.497 e. The zero-order valence-corrected chi connectivity index (χ0v) is 21.3. The van der Waals surface area contributed by atoms with Crippen molar-refractivity contribution in [1.82, 2.24) is 14.5 Å². The Morgan fingerprint density at radius 1 is 1.31 bits per heavy atom. The fraction of sp³-hybridized carbons (Fsp3) is 0.481. The third kappa shape index (κ3) is 6.37. The lowest BCUT2D eigenvalue weighted by atomic mass is 9.81. The number of fused-ring (bicyclic) bond motifs is 1. The van der Waals surface area contributed by atoms with Crippen LogP contribution in [0, 0.1) is 11.8 Å². The summed E-state index contributed by atoms with van der Waals surface area (Å²) in [6, 6.07) is 11.7. The van der Waals surface area contributed by atoms with Crippen LogP contribution in [0.25, 0.3) is 10.9 Å². The lowest BCUT2D eigenvalue weighted by Gasteiger charge is -2.37. The van der Waals surface area contributed by atoms with Crippen molar-refractivity contribution in [1.29, 1.82) is 0 Å². The van der Waals surface area contributed by atoms with Crippen molar-refractivity contribution < 1.29 is 19.7 Å². The minimum absolute atomic E-state index is 0.0683. The number of hydrogen-bond donors (Lipinski definition) is 2. The third-order valence-corrected chi connectivity index (χ3v) is 8.29. The topological polar surface area (TPSA) is 87.8 Å². The van der Waals surface area contributed by atoms with E-state index < -0.39 is 18.0 Å². The number of aliphatic hydroxyl groups excluding tert-OH is 1. The number of aromatic nitrogens is 2. The molecule has 1 aliphatic rings. The number of likely N-dealkylation sites (tertiary alicyclic amines) is 1. The maximum Gasteiger partial charge on any atom is 0.308 e. The van der Waals surface area contributed by atoms with Gasteiger partial charge in [-0.05, 0) is 86.7 Å². The van der Waals surface area contributed by atoms with Gasteiger partial charge in [0.2, 0.25) is 0 Å². The van der Waals surface area contributed by atoms with Gasteiger partial charge in [0.05, 0.1) is 29.7 Å². The Morgan fingerprint density at radius 3 is 2.91 bits per heavy atom. The number of nitrogens with zero attached hydrogens (tertiary/aromatic N) is 3. The van der Waals surface area contributed by atoms with E-state index in [4.69, 9.17) is 4.74 Å². The van der Waals surface area contributed by atoms with E-state index in [1.165, 1.54) is 5.03 Å². The number of carboxylic acid groups (broad SMARTS) is 1. The number of carbonyl (C=O) groups is 1. The van der Waals surface area contributed by atoms with Gasteiger partial charge >= 0.3 is 5.97 Å². The fourth-order valence-corrected chi connectivity index (χ4v) is 5.97. The maximum absolute atomic E-state index is 12.1. The van der Waals surface area contributed by atoms with Gasteiger partial charge in [-0.3, -0.25) is 9.78 Å². The summed E-state index contributed by atoms with van der Waals surface area (Å²) in [6.07, 6.45) is 6.18. The Hall–Kier alpha value is -2.55. The van der Waals surface area contributed by atoms with Crippen LogP contribution in [-0.2, 0) is 11.8 Å². The number of aryl methyl sites for hydroxylation is 1. The molecule has 2 aromatic heterocycles. The van der Waals surface area contributed by atoms with Crippen LogP contribution in [0.5, 0.6) is 5.75 Å². The molecule has 0 spiro atoms. The summed E-state index contributed by atoms with van der Waals surface area (Å²) < 4.78 is 7.46. The first-order valence-corrected chi connectivity index (χ1v) is 13.2. The monoisotopic (exact) mass is 497 g/mol. The van der Waals surface area contributed by atoms with Gasteiger partial charge in [0, 0.05) is 37.1 Å². The van der Waals surface area contributed by atoms with Gasteiger partial charge in [-0.25, -0.2) is 0 Å². The average Bonchev–Trinajstić information content (AvgIpc) is 3.29. The summed E-state index contributed by atoms with van der Waals surface area (Å²) in [5.74, 6) is 0.683. The van der Waals surface area contributed by atoms with E-state index in [0.717, 1.165) is 53.9 Å². The van der Waals surface area contributed by atoms with E-state index in [2.05, 4.69) is 39.8 Å². The van der Waals surface area contributed by atoms with E-state index in [9.17, 15) is 15.0 Å². The molecule has 1 aromatic carbocycles. The highest BCUT2D eigenvalue weighted by Gasteiger charge is 2.34. The van der Waals surface area contributed by atoms with Gasteiger partial charge in [-0.15, -0.1) is 11.8 Å². The second kappa shape index (κ2) is 11.9. The van der Waals surface area contributed by atoms with Crippen molar-refractivity contribution in [2.24, 2.45) is 18.9 Å². The number of rotatable bonds is 11. The highest BCUT2D eigenvalue weighted by molar-refractivity contribution is 7.99. The van der Waals surface area contributed by atoms with Crippen molar-refractivity contribution >= 4 is 28.6 Å². The molecule has 0 unspecified atom stereocenters. The molecule has 0 aliphatic carbocycles. The van der Waals surface area contributed by atoms with Gasteiger partial charge in [-0.1, -0.05) is 0 Å². The Bertz CT molecular complexity index is 1130. The number of benzene rings is 1. The van der Waals surface area contributed by atoms with Crippen LogP contribution >= 0.6 is 11.8 Å². The average molecular weight is 498 g/mol. The number of thioether (sulfide) groups is 1. The number of methoxy groups -OCH3 is 1. The van der Waals surface area contributed by atoms with E-state index in [0.29, 0.717) is 19.4 Å².